The first-order chi connectivity index (χ1) is 14.8. The molecule has 0 bridgehead atoms. The molecule has 3 aromatic rings. The number of rotatable bonds is 7. The average molecular weight is 425 g/mol. The van der Waals surface area contributed by atoms with Crippen molar-refractivity contribution < 1.29 is 23.8 Å². The van der Waals surface area contributed by atoms with Gasteiger partial charge < -0.3 is 19.1 Å². The van der Waals surface area contributed by atoms with Crippen molar-refractivity contribution in [1.82, 2.24) is 4.57 Å². The first-order valence-electron chi connectivity index (χ1n) is 9.96. The van der Waals surface area contributed by atoms with Crippen LogP contribution in [0.3, 0.4) is 0 Å². The molecule has 0 radical (unpaired) electrons. The van der Waals surface area contributed by atoms with Gasteiger partial charge in [-0.2, -0.15) is 0 Å². The molecule has 0 unspecified atom stereocenters. The number of carbonyl (C=O) groups excluding carboxylic acids is 1. The molecule has 0 spiro atoms. The highest BCUT2D eigenvalue weighted by Gasteiger charge is 2.26. The Kier molecular flexibility index (Phi) is 6.74. The number of nitrogens with zero attached hydrogens (tertiary/aromatic N) is 1. The molecule has 0 aliphatic heterocycles. The maximum atomic E-state index is 15.0. The van der Waals surface area contributed by atoms with Gasteiger partial charge >= 0.3 is 5.97 Å². The van der Waals surface area contributed by atoms with Crippen molar-refractivity contribution in [2.45, 2.75) is 33.4 Å². The molecule has 1 aromatic heterocycles. The van der Waals surface area contributed by atoms with Gasteiger partial charge in [0, 0.05) is 12.1 Å². The van der Waals surface area contributed by atoms with E-state index in [2.05, 4.69) is 0 Å². The van der Waals surface area contributed by atoms with Gasteiger partial charge in [0.25, 0.3) is 5.56 Å². The van der Waals surface area contributed by atoms with Crippen LogP contribution in [0.25, 0.3) is 11.3 Å². The fourth-order valence-corrected chi connectivity index (χ4v) is 3.32. The van der Waals surface area contributed by atoms with Crippen molar-refractivity contribution in [3.05, 3.63) is 81.9 Å². The van der Waals surface area contributed by atoms with Gasteiger partial charge in [-0.1, -0.05) is 36.4 Å². The summed E-state index contributed by atoms with van der Waals surface area (Å²) in [6.45, 7) is 5.28. The van der Waals surface area contributed by atoms with Crippen LogP contribution in [-0.4, -0.2) is 22.2 Å². The van der Waals surface area contributed by atoms with Crippen molar-refractivity contribution in [1.29, 1.82) is 0 Å². The first kappa shape index (κ1) is 22.1. The number of ether oxygens (including phenoxy) is 2. The normalized spacial score (nSPS) is 10.9. The maximum absolute atomic E-state index is 15.0. The van der Waals surface area contributed by atoms with Crippen molar-refractivity contribution in [2.75, 3.05) is 6.61 Å². The third-order valence-corrected chi connectivity index (χ3v) is 4.69. The molecule has 162 valence electrons. The van der Waals surface area contributed by atoms with Crippen LogP contribution < -0.4 is 10.3 Å². The van der Waals surface area contributed by atoms with E-state index in [1.54, 1.807) is 26.8 Å². The summed E-state index contributed by atoms with van der Waals surface area (Å²) >= 11 is 0. The van der Waals surface area contributed by atoms with E-state index in [1.807, 2.05) is 30.3 Å². The number of aromatic nitrogens is 1. The lowest BCUT2D eigenvalue weighted by molar-refractivity contribution is 0.0520. The summed E-state index contributed by atoms with van der Waals surface area (Å²) in [6.07, 6.45) is 0. The molecule has 0 aliphatic rings. The lowest BCUT2D eigenvalue weighted by Gasteiger charge is -2.21. The zero-order valence-corrected chi connectivity index (χ0v) is 17.6. The maximum Gasteiger partial charge on any atom is 0.347 e. The largest absolute Gasteiger partial charge is 0.507 e. The summed E-state index contributed by atoms with van der Waals surface area (Å²) < 4.78 is 27.0. The van der Waals surface area contributed by atoms with E-state index in [4.69, 9.17) is 9.47 Å². The van der Waals surface area contributed by atoms with Crippen LogP contribution in [0.5, 0.6) is 11.5 Å². The van der Waals surface area contributed by atoms with E-state index in [1.165, 1.54) is 22.8 Å². The quantitative estimate of drug-likeness (QED) is 0.556. The minimum absolute atomic E-state index is 0.0231. The van der Waals surface area contributed by atoms with E-state index in [0.717, 1.165) is 5.56 Å². The van der Waals surface area contributed by atoms with Crippen LogP contribution in [0.2, 0.25) is 0 Å². The Hall–Kier alpha value is -3.61. The highest BCUT2D eigenvalue weighted by atomic mass is 19.1. The van der Waals surface area contributed by atoms with Crippen LogP contribution in [0, 0.1) is 5.82 Å². The minimum atomic E-state index is -0.931. The lowest BCUT2D eigenvalue weighted by atomic mass is 10.1. The lowest BCUT2D eigenvalue weighted by Crippen LogP contribution is -2.30. The van der Waals surface area contributed by atoms with Gasteiger partial charge in [0.2, 0.25) is 0 Å². The second-order valence-corrected chi connectivity index (χ2v) is 7.17. The number of halogens is 1. The van der Waals surface area contributed by atoms with Crippen molar-refractivity contribution in [2.24, 2.45) is 0 Å². The fourth-order valence-electron chi connectivity index (χ4n) is 3.32. The number of carbonyl (C=O) groups is 1. The highest BCUT2D eigenvalue weighted by Crippen LogP contribution is 2.36. The predicted octanol–water partition coefficient (Wildman–Crippen LogP) is 4.70. The van der Waals surface area contributed by atoms with Gasteiger partial charge in [-0.25, -0.2) is 9.18 Å². The molecule has 2 aromatic carbocycles. The van der Waals surface area contributed by atoms with Gasteiger partial charge in [-0.3, -0.25) is 4.79 Å². The fraction of sp³-hybridized carbons (Fsp3) is 0.250. The molecule has 0 saturated heterocycles. The molecule has 31 heavy (non-hydrogen) atoms. The molecule has 0 saturated carbocycles. The second kappa shape index (κ2) is 9.47. The van der Waals surface area contributed by atoms with Crippen molar-refractivity contribution in [3.63, 3.8) is 0 Å². The number of hydrogen-bond acceptors (Lipinski definition) is 5. The molecule has 6 nitrogen and oxygen atoms in total. The number of pyridine rings is 1. The van der Waals surface area contributed by atoms with Crippen LogP contribution in [0.15, 0.2) is 59.4 Å². The van der Waals surface area contributed by atoms with E-state index < -0.39 is 34.7 Å². The number of esters is 1. The summed E-state index contributed by atoms with van der Waals surface area (Å²) in [5.74, 6) is -1.92. The van der Waals surface area contributed by atoms with Gasteiger partial charge in [-0.15, -0.1) is 0 Å². The van der Waals surface area contributed by atoms with E-state index in [0.29, 0.717) is 0 Å². The van der Waals surface area contributed by atoms with Gasteiger partial charge in [-0.05, 0) is 38.5 Å². The van der Waals surface area contributed by atoms with E-state index in [9.17, 15) is 19.1 Å². The van der Waals surface area contributed by atoms with E-state index >= 15 is 0 Å². The third kappa shape index (κ3) is 4.60. The molecule has 3 rings (SSSR count). The Bertz CT molecular complexity index is 1140. The Balaban J connectivity index is 2.16. The van der Waals surface area contributed by atoms with Crippen LogP contribution in [0.4, 0.5) is 4.39 Å². The number of benzene rings is 2. The van der Waals surface area contributed by atoms with Crippen molar-refractivity contribution in [3.8, 4) is 22.8 Å². The highest BCUT2D eigenvalue weighted by molar-refractivity contribution is 5.92. The molecule has 1 heterocycles. The number of aromatic hydroxyl groups is 1. The summed E-state index contributed by atoms with van der Waals surface area (Å²) in [6, 6.07) is 14.5. The molecule has 0 fully saturated rings. The summed E-state index contributed by atoms with van der Waals surface area (Å²) in [4.78, 5) is 25.3. The molecule has 0 aliphatic carbocycles. The third-order valence-electron chi connectivity index (χ3n) is 4.69. The summed E-state index contributed by atoms with van der Waals surface area (Å²) in [7, 11) is 0. The summed E-state index contributed by atoms with van der Waals surface area (Å²) in [5.41, 5.74) is -0.232. The van der Waals surface area contributed by atoms with E-state index in [-0.39, 0.29) is 30.2 Å². The monoisotopic (exact) mass is 425 g/mol. The molecule has 0 atom stereocenters. The van der Waals surface area contributed by atoms with Gasteiger partial charge in [0.05, 0.1) is 17.9 Å². The zero-order chi connectivity index (χ0) is 22.5. The van der Waals surface area contributed by atoms with Crippen LogP contribution >= 0.6 is 0 Å². The Morgan fingerprint density at radius 1 is 1.13 bits per heavy atom. The average Bonchev–Trinajstić information content (AvgIpc) is 2.72. The van der Waals surface area contributed by atoms with Crippen LogP contribution in [0.1, 0.15) is 42.7 Å². The SMILES string of the molecule is CCOC(=O)c1c(O)cc(-c2c(F)cccc2OCc2ccccc2)n(C(C)C)c1=O. The minimum Gasteiger partial charge on any atom is -0.507 e. The Morgan fingerprint density at radius 3 is 2.48 bits per heavy atom. The molecule has 1 N–H and O–H groups in total. The summed E-state index contributed by atoms with van der Waals surface area (Å²) in [5, 5.41) is 10.4. The predicted molar refractivity (Wildman–Crippen MR) is 115 cm³/mol. The topological polar surface area (TPSA) is 77.8 Å². The Morgan fingerprint density at radius 2 is 1.84 bits per heavy atom. The van der Waals surface area contributed by atoms with Crippen LogP contribution in [-0.2, 0) is 11.3 Å². The molecule has 0 amide bonds. The smallest absolute Gasteiger partial charge is 0.347 e. The van der Waals surface area contributed by atoms with Gasteiger partial charge in [0.15, 0.2) is 5.56 Å². The molecular weight excluding hydrogens is 401 g/mol. The molecular formula is C24H24FNO5. The van der Waals surface area contributed by atoms with Crippen molar-refractivity contribution >= 4 is 5.97 Å². The number of hydrogen-bond donors (Lipinski definition) is 1. The van der Waals surface area contributed by atoms with Gasteiger partial charge in [0.1, 0.15) is 23.9 Å². The Labute approximate surface area is 179 Å². The zero-order valence-electron chi connectivity index (χ0n) is 17.6. The second-order valence-electron chi connectivity index (χ2n) is 7.17. The first-order valence-corrected chi connectivity index (χ1v) is 9.96. The standard InChI is InChI=1S/C24H24FNO5/c1-4-30-24(29)22-19(27)13-18(26(15(2)3)23(22)28)21-17(25)11-8-12-20(21)31-14-16-9-6-5-7-10-16/h5-13,15,27H,4,14H2,1-3H3. The molecule has 7 heteroatoms.